The SMILES string of the molecule is CCOCc1nc(O)c(-c2ccc(Br)cc2)c(=O)[nH]1. The summed E-state index contributed by atoms with van der Waals surface area (Å²) in [6, 6.07) is 7.06. The van der Waals surface area contributed by atoms with Crippen LogP contribution in [-0.4, -0.2) is 21.7 Å². The molecule has 0 bridgehead atoms. The molecule has 0 fully saturated rings. The molecule has 0 aliphatic heterocycles. The highest BCUT2D eigenvalue weighted by Crippen LogP contribution is 2.24. The first-order valence-corrected chi connectivity index (χ1v) is 6.57. The van der Waals surface area contributed by atoms with Gasteiger partial charge in [0.15, 0.2) is 0 Å². The summed E-state index contributed by atoms with van der Waals surface area (Å²) in [6.45, 7) is 2.52. The van der Waals surface area contributed by atoms with Crippen molar-refractivity contribution in [2.24, 2.45) is 0 Å². The summed E-state index contributed by atoms with van der Waals surface area (Å²) in [7, 11) is 0. The molecule has 0 amide bonds. The van der Waals surface area contributed by atoms with Gasteiger partial charge in [-0.2, -0.15) is 4.98 Å². The van der Waals surface area contributed by atoms with E-state index in [1.807, 2.05) is 6.92 Å². The minimum absolute atomic E-state index is 0.160. The molecule has 1 heterocycles. The Bertz CT molecular complexity index is 623. The van der Waals surface area contributed by atoms with Crippen LogP contribution in [0.4, 0.5) is 0 Å². The highest BCUT2D eigenvalue weighted by Gasteiger charge is 2.12. The van der Waals surface area contributed by atoms with Gasteiger partial charge < -0.3 is 14.8 Å². The molecular weight excluding hydrogens is 312 g/mol. The van der Waals surface area contributed by atoms with Crippen LogP contribution in [0.5, 0.6) is 5.88 Å². The van der Waals surface area contributed by atoms with Crippen molar-refractivity contribution in [1.82, 2.24) is 9.97 Å². The standard InChI is InChI=1S/C13H13BrN2O3/c1-2-19-7-10-15-12(17)11(13(18)16-10)8-3-5-9(14)6-4-8/h3-6H,2,7H2,1H3,(H2,15,16,17,18). The lowest BCUT2D eigenvalue weighted by Crippen LogP contribution is -2.14. The van der Waals surface area contributed by atoms with Gasteiger partial charge >= 0.3 is 0 Å². The maximum Gasteiger partial charge on any atom is 0.262 e. The fourth-order valence-corrected chi connectivity index (χ4v) is 1.91. The van der Waals surface area contributed by atoms with Gasteiger partial charge in [-0.3, -0.25) is 4.79 Å². The molecule has 19 heavy (non-hydrogen) atoms. The van der Waals surface area contributed by atoms with Gasteiger partial charge in [-0.15, -0.1) is 0 Å². The zero-order valence-electron chi connectivity index (χ0n) is 10.3. The van der Waals surface area contributed by atoms with Crippen LogP contribution in [0.2, 0.25) is 0 Å². The molecule has 1 aromatic carbocycles. The number of aromatic hydroxyl groups is 1. The fraction of sp³-hybridized carbons (Fsp3) is 0.231. The van der Waals surface area contributed by atoms with Gasteiger partial charge in [0.25, 0.3) is 5.56 Å². The Morgan fingerprint density at radius 1 is 1.37 bits per heavy atom. The Morgan fingerprint density at radius 2 is 2.05 bits per heavy atom. The number of ether oxygens (including phenoxy) is 1. The number of nitrogens with one attached hydrogen (secondary N) is 1. The van der Waals surface area contributed by atoms with Crippen LogP contribution in [0.25, 0.3) is 11.1 Å². The van der Waals surface area contributed by atoms with Crippen molar-refractivity contribution in [2.75, 3.05) is 6.61 Å². The van der Waals surface area contributed by atoms with E-state index in [-0.39, 0.29) is 23.6 Å². The summed E-state index contributed by atoms with van der Waals surface area (Å²) in [5.41, 5.74) is 0.384. The molecule has 6 heteroatoms. The van der Waals surface area contributed by atoms with E-state index >= 15 is 0 Å². The van der Waals surface area contributed by atoms with Gasteiger partial charge in [0.2, 0.25) is 5.88 Å². The summed E-state index contributed by atoms with van der Waals surface area (Å²) < 4.78 is 6.04. The van der Waals surface area contributed by atoms with E-state index < -0.39 is 0 Å². The first kappa shape index (κ1) is 13.8. The van der Waals surface area contributed by atoms with Crippen molar-refractivity contribution in [1.29, 1.82) is 0 Å². The number of aromatic amines is 1. The first-order valence-electron chi connectivity index (χ1n) is 5.77. The van der Waals surface area contributed by atoms with Crippen molar-refractivity contribution in [2.45, 2.75) is 13.5 Å². The second-order valence-electron chi connectivity index (χ2n) is 3.86. The second-order valence-corrected chi connectivity index (χ2v) is 4.77. The minimum atomic E-state index is -0.385. The monoisotopic (exact) mass is 324 g/mol. The Balaban J connectivity index is 2.42. The second kappa shape index (κ2) is 5.99. The van der Waals surface area contributed by atoms with E-state index in [9.17, 15) is 9.90 Å². The zero-order chi connectivity index (χ0) is 13.8. The van der Waals surface area contributed by atoms with Gasteiger partial charge in [-0.05, 0) is 24.6 Å². The lowest BCUT2D eigenvalue weighted by Gasteiger charge is -2.06. The lowest BCUT2D eigenvalue weighted by atomic mass is 10.1. The molecule has 0 saturated carbocycles. The van der Waals surface area contributed by atoms with Crippen LogP contribution in [0.3, 0.4) is 0 Å². The van der Waals surface area contributed by atoms with Gasteiger partial charge in [0.05, 0.1) is 0 Å². The maximum atomic E-state index is 12.0. The Labute approximate surface area is 118 Å². The molecule has 0 spiro atoms. The number of nitrogens with zero attached hydrogens (tertiary/aromatic N) is 1. The Hall–Kier alpha value is -1.66. The molecule has 2 rings (SSSR count). The predicted molar refractivity (Wildman–Crippen MR) is 75.0 cm³/mol. The van der Waals surface area contributed by atoms with Crippen LogP contribution >= 0.6 is 15.9 Å². The molecule has 0 radical (unpaired) electrons. The van der Waals surface area contributed by atoms with Crippen LogP contribution in [-0.2, 0) is 11.3 Å². The van der Waals surface area contributed by atoms with E-state index in [4.69, 9.17) is 4.74 Å². The number of halogens is 1. The zero-order valence-corrected chi connectivity index (χ0v) is 11.9. The number of hydrogen-bond acceptors (Lipinski definition) is 4. The topological polar surface area (TPSA) is 75.2 Å². The van der Waals surface area contributed by atoms with Crippen molar-refractivity contribution in [3.63, 3.8) is 0 Å². The summed E-state index contributed by atoms with van der Waals surface area (Å²) in [5, 5.41) is 9.90. The molecule has 0 aliphatic carbocycles. The average Bonchev–Trinajstić information content (AvgIpc) is 2.38. The predicted octanol–water partition coefficient (Wildman–Crippen LogP) is 2.44. The lowest BCUT2D eigenvalue weighted by molar-refractivity contribution is 0.127. The van der Waals surface area contributed by atoms with Crippen molar-refractivity contribution < 1.29 is 9.84 Å². The number of hydrogen-bond donors (Lipinski definition) is 2. The Morgan fingerprint density at radius 3 is 2.63 bits per heavy atom. The van der Waals surface area contributed by atoms with Gasteiger partial charge in [0, 0.05) is 11.1 Å². The third-order valence-electron chi connectivity index (χ3n) is 2.53. The summed E-state index contributed by atoms with van der Waals surface area (Å²) in [5.74, 6) is 0.0194. The quantitative estimate of drug-likeness (QED) is 0.905. The van der Waals surface area contributed by atoms with E-state index in [2.05, 4.69) is 25.9 Å². The van der Waals surface area contributed by atoms with Crippen LogP contribution in [0.15, 0.2) is 33.5 Å². The molecule has 5 nitrogen and oxygen atoms in total. The van der Waals surface area contributed by atoms with E-state index in [1.165, 1.54) is 0 Å². The van der Waals surface area contributed by atoms with E-state index in [0.717, 1.165) is 4.47 Å². The van der Waals surface area contributed by atoms with Crippen LogP contribution in [0, 0.1) is 0 Å². The third kappa shape index (κ3) is 3.21. The molecule has 0 saturated heterocycles. The molecule has 1 aromatic heterocycles. The number of aromatic nitrogens is 2. The van der Waals surface area contributed by atoms with E-state index in [1.54, 1.807) is 24.3 Å². The largest absolute Gasteiger partial charge is 0.493 e. The number of benzene rings is 1. The average molecular weight is 325 g/mol. The number of rotatable bonds is 4. The highest BCUT2D eigenvalue weighted by molar-refractivity contribution is 9.10. The number of H-pyrrole nitrogens is 1. The highest BCUT2D eigenvalue weighted by atomic mass is 79.9. The van der Waals surface area contributed by atoms with E-state index in [0.29, 0.717) is 18.0 Å². The normalized spacial score (nSPS) is 10.6. The van der Waals surface area contributed by atoms with Crippen molar-refractivity contribution in [3.8, 4) is 17.0 Å². The van der Waals surface area contributed by atoms with Gasteiger partial charge in [-0.25, -0.2) is 0 Å². The van der Waals surface area contributed by atoms with Crippen LogP contribution in [0.1, 0.15) is 12.7 Å². The van der Waals surface area contributed by atoms with Gasteiger partial charge in [-0.1, -0.05) is 28.1 Å². The molecule has 0 atom stereocenters. The van der Waals surface area contributed by atoms with Crippen molar-refractivity contribution >= 4 is 15.9 Å². The molecule has 100 valence electrons. The molecule has 0 aliphatic rings. The summed E-state index contributed by atoms with van der Waals surface area (Å²) in [6.07, 6.45) is 0. The van der Waals surface area contributed by atoms with Crippen LogP contribution < -0.4 is 5.56 Å². The molecule has 2 N–H and O–H groups in total. The smallest absolute Gasteiger partial charge is 0.262 e. The minimum Gasteiger partial charge on any atom is -0.493 e. The summed E-state index contributed by atoms with van der Waals surface area (Å²) >= 11 is 3.31. The molecule has 2 aromatic rings. The first-order chi connectivity index (χ1) is 9.11. The van der Waals surface area contributed by atoms with Crippen molar-refractivity contribution in [3.05, 3.63) is 44.9 Å². The molecule has 0 unspecified atom stereocenters. The fourth-order valence-electron chi connectivity index (χ4n) is 1.65. The third-order valence-corrected chi connectivity index (χ3v) is 3.05. The maximum absolute atomic E-state index is 12.0. The molecular formula is C13H13BrN2O3. The Kier molecular flexibility index (Phi) is 4.34. The summed E-state index contributed by atoms with van der Waals surface area (Å²) in [4.78, 5) is 18.5. The van der Waals surface area contributed by atoms with Gasteiger partial charge in [0.1, 0.15) is 18.0 Å².